The molecule has 0 spiro atoms. The molecule has 3 heterocycles. The predicted octanol–water partition coefficient (Wildman–Crippen LogP) is 1.61. The van der Waals surface area contributed by atoms with Gasteiger partial charge in [-0.3, -0.25) is 9.69 Å². The predicted molar refractivity (Wildman–Crippen MR) is 88.3 cm³/mol. The Morgan fingerprint density at radius 1 is 1.52 bits per heavy atom. The highest BCUT2D eigenvalue weighted by Crippen LogP contribution is 2.25. The minimum atomic E-state index is -0.201. The molecule has 1 amide bonds. The zero-order chi connectivity index (χ0) is 16.2. The van der Waals surface area contributed by atoms with Gasteiger partial charge in [-0.2, -0.15) is 0 Å². The SMILES string of the molecule is COc1ncnc2c1CN([C@@H](C)C(=O)NCc1cccs1)CC2. The number of nitrogens with one attached hydrogen (secondary N) is 1. The maximum atomic E-state index is 12.4. The first-order chi connectivity index (χ1) is 11.2. The van der Waals surface area contributed by atoms with Gasteiger partial charge in [0.25, 0.3) is 0 Å². The third kappa shape index (κ3) is 3.51. The largest absolute Gasteiger partial charge is 0.481 e. The van der Waals surface area contributed by atoms with Crippen LogP contribution in [0, 0.1) is 0 Å². The lowest BCUT2D eigenvalue weighted by atomic mass is 10.0. The van der Waals surface area contributed by atoms with Gasteiger partial charge in [0, 0.05) is 30.0 Å². The minimum absolute atomic E-state index is 0.0395. The lowest BCUT2D eigenvalue weighted by molar-refractivity contribution is -0.126. The summed E-state index contributed by atoms with van der Waals surface area (Å²) in [6.45, 7) is 3.95. The number of hydrogen-bond acceptors (Lipinski definition) is 6. The van der Waals surface area contributed by atoms with E-state index in [4.69, 9.17) is 4.74 Å². The van der Waals surface area contributed by atoms with E-state index >= 15 is 0 Å². The van der Waals surface area contributed by atoms with Crippen LogP contribution in [0.3, 0.4) is 0 Å². The lowest BCUT2D eigenvalue weighted by Gasteiger charge is -2.32. The van der Waals surface area contributed by atoms with E-state index in [0.717, 1.165) is 29.1 Å². The first-order valence-corrected chi connectivity index (χ1v) is 8.48. The summed E-state index contributed by atoms with van der Waals surface area (Å²) in [4.78, 5) is 24.2. The van der Waals surface area contributed by atoms with Crippen LogP contribution < -0.4 is 10.1 Å². The van der Waals surface area contributed by atoms with Crippen molar-refractivity contribution in [1.82, 2.24) is 20.2 Å². The number of ether oxygens (including phenoxy) is 1. The Morgan fingerprint density at radius 2 is 2.39 bits per heavy atom. The number of thiophene rings is 1. The van der Waals surface area contributed by atoms with Gasteiger partial charge in [-0.1, -0.05) is 6.07 Å². The summed E-state index contributed by atoms with van der Waals surface area (Å²) >= 11 is 1.65. The van der Waals surface area contributed by atoms with Crippen molar-refractivity contribution in [2.75, 3.05) is 13.7 Å². The normalized spacial score (nSPS) is 15.7. The van der Waals surface area contributed by atoms with Crippen molar-refractivity contribution in [3.05, 3.63) is 40.0 Å². The topological polar surface area (TPSA) is 67.4 Å². The van der Waals surface area contributed by atoms with Crippen molar-refractivity contribution in [1.29, 1.82) is 0 Å². The maximum Gasteiger partial charge on any atom is 0.237 e. The second-order valence-electron chi connectivity index (χ2n) is 5.50. The molecule has 0 aliphatic carbocycles. The summed E-state index contributed by atoms with van der Waals surface area (Å²) in [6, 6.07) is 3.81. The molecule has 7 heteroatoms. The van der Waals surface area contributed by atoms with Crippen LogP contribution in [-0.2, 0) is 24.3 Å². The van der Waals surface area contributed by atoms with Crippen LogP contribution in [0.1, 0.15) is 23.1 Å². The Balaban J connectivity index is 1.64. The second-order valence-corrected chi connectivity index (χ2v) is 6.53. The first kappa shape index (κ1) is 15.9. The maximum absolute atomic E-state index is 12.4. The molecule has 1 aliphatic heterocycles. The van der Waals surface area contributed by atoms with E-state index < -0.39 is 0 Å². The van der Waals surface area contributed by atoms with E-state index in [-0.39, 0.29) is 11.9 Å². The standard InChI is InChI=1S/C16H20N4O2S/c1-11(15(21)17-8-12-4-3-7-23-12)20-6-5-14-13(9-20)16(22-2)19-10-18-14/h3-4,7,10-11H,5-6,8-9H2,1-2H3,(H,17,21)/t11-/m0/s1. The van der Waals surface area contributed by atoms with Gasteiger partial charge in [0.2, 0.25) is 11.8 Å². The van der Waals surface area contributed by atoms with Crippen LogP contribution >= 0.6 is 11.3 Å². The average molecular weight is 332 g/mol. The Hall–Kier alpha value is -1.99. The van der Waals surface area contributed by atoms with Gasteiger partial charge in [-0.05, 0) is 18.4 Å². The van der Waals surface area contributed by atoms with Crippen molar-refractivity contribution in [2.45, 2.75) is 32.5 Å². The molecule has 1 atom stereocenters. The van der Waals surface area contributed by atoms with E-state index in [9.17, 15) is 4.79 Å². The molecule has 2 aromatic rings. The van der Waals surface area contributed by atoms with Crippen molar-refractivity contribution >= 4 is 17.2 Å². The van der Waals surface area contributed by atoms with E-state index in [1.807, 2.05) is 24.4 Å². The monoisotopic (exact) mass is 332 g/mol. The molecule has 6 nitrogen and oxygen atoms in total. The number of rotatable bonds is 5. The number of methoxy groups -OCH3 is 1. The molecule has 0 fully saturated rings. The fraction of sp³-hybridized carbons (Fsp3) is 0.438. The molecule has 122 valence electrons. The number of fused-ring (bicyclic) bond motifs is 1. The van der Waals surface area contributed by atoms with Crippen LogP contribution in [0.2, 0.25) is 0 Å². The molecule has 0 bridgehead atoms. The van der Waals surface area contributed by atoms with Crippen LogP contribution in [-0.4, -0.2) is 40.5 Å². The number of aromatic nitrogens is 2. The van der Waals surface area contributed by atoms with E-state index in [1.165, 1.54) is 6.33 Å². The minimum Gasteiger partial charge on any atom is -0.481 e. The van der Waals surface area contributed by atoms with Gasteiger partial charge in [0.05, 0.1) is 25.4 Å². The number of nitrogens with zero attached hydrogens (tertiary/aromatic N) is 3. The molecule has 2 aromatic heterocycles. The summed E-state index contributed by atoms with van der Waals surface area (Å²) in [5, 5.41) is 5.01. The number of amides is 1. The van der Waals surface area contributed by atoms with Gasteiger partial charge < -0.3 is 10.1 Å². The molecular weight excluding hydrogens is 312 g/mol. The molecule has 1 aliphatic rings. The van der Waals surface area contributed by atoms with Crippen LogP contribution in [0.25, 0.3) is 0 Å². The third-order valence-corrected chi connectivity index (χ3v) is 5.01. The highest BCUT2D eigenvalue weighted by Gasteiger charge is 2.28. The average Bonchev–Trinajstić information content (AvgIpc) is 3.11. The smallest absolute Gasteiger partial charge is 0.237 e. The van der Waals surface area contributed by atoms with Gasteiger partial charge in [0.1, 0.15) is 6.33 Å². The Bertz CT molecular complexity index is 660. The zero-order valence-corrected chi connectivity index (χ0v) is 14.1. The highest BCUT2D eigenvalue weighted by molar-refractivity contribution is 7.09. The number of carbonyl (C=O) groups is 1. The second kappa shape index (κ2) is 7.06. The quantitative estimate of drug-likeness (QED) is 0.901. The van der Waals surface area contributed by atoms with Crippen LogP contribution in [0.4, 0.5) is 0 Å². The van der Waals surface area contributed by atoms with Gasteiger partial charge >= 0.3 is 0 Å². The number of hydrogen-bond donors (Lipinski definition) is 1. The summed E-state index contributed by atoms with van der Waals surface area (Å²) in [7, 11) is 1.61. The van der Waals surface area contributed by atoms with Crippen molar-refractivity contribution in [3.63, 3.8) is 0 Å². The molecule has 0 saturated heterocycles. The third-order valence-electron chi connectivity index (χ3n) is 4.13. The van der Waals surface area contributed by atoms with Crippen LogP contribution in [0.15, 0.2) is 23.8 Å². The van der Waals surface area contributed by atoms with Crippen molar-refractivity contribution < 1.29 is 9.53 Å². The Morgan fingerprint density at radius 3 is 3.13 bits per heavy atom. The van der Waals surface area contributed by atoms with E-state index in [0.29, 0.717) is 19.0 Å². The summed E-state index contributed by atoms with van der Waals surface area (Å²) in [5.41, 5.74) is 2.00. The van der Waals surface area contributed by atoms with Gasteiger partial charge in [0.15, 0.2) is 0 Å². The van der Waals surface area contributed by atoms with Crippen molar-refractivity contribution in [3.8, 4) is 5.88 Å². The fourth-order valence-corrected chi connectivity index (χ4v) is 3.39. The molecule has 1 N–H and O–H groups in total. The fourth-order valence-electron chi connectivity index (χ4n) is 2.74. The first-order valence-electron chi connectivity index (χ1n) is 7.60. The van der Waals surface area contributed by atoms with E-state index in [2.05, 4.69) is 20.2 Å². The lowest BCUT2D eigenvalue weighted by Crippen LogP contribution is -2.47. The zero-order valence-electron chi connectivity index (χ0n) is 13.3. The molecule has 3 rings (SSSR count). The number of carbonyl (C=O) groups excluding carboxylic acids is 1. The molecule has 0 saturated carbocycles. The van der Waals surface area contributed by atoms with Crippen molar-refractivity contribution in [2.24, 2.45) is 0 Å². The summed E-state index contributed by atoms with van der Waals surface area (Å²) < 4.78 is 5.32. The molecule has 23 heavy (non-hydrogen) atoms. The Labute approximate surface area is 139 Å². The van der Waals surface area contributed by atoms with Crippen LogP contribution in [0.5, 0.6) is 5.88 Å². The van der Waals surface area contributed by atoms with Gasteiger partial charge in [-0.25, -0.2) is 9.97 Å². The summed E-state index contributed by atoms with van der Waals surface area (Å²) in [5.74, 6) is 0.642. The van der Waals surface area contributed by atoms with E-state index in [1.54, 1.807) is 18.4 Å². The highest BCUT2D eigenvalue weighted by atomic mass is 32.1. The molecule has 0 radical (unpaired) electrons. The molecular formula is C16H20N4O2S. The Kier molecular flexibility index (Phi) is 4.88. The molecule has 0 unspecified atom stereocenters. The molecule has 0 aromatic carbocycles. The summed E-state index contributed by atoms with van der Waals surface area (Å²) in [6.07, 6.45) is 2.33. The van der Waals surface area contributed by atoms with Gasteiger partial charge in [-0.15, -0.1) is 11.3 Å².